The van der Waals surface area contributed by atoms with Crippen molar-refractivity contribution in [1.82, 2.24) is 4.57 Å². The highest BCUT2D eigenvalue weighted by atomic mass is 32.1. The topological polar surface area (TPSA) is 118 Å². The monoisotopic (exact) mass is 387 g/mol. The van der Waals surface area contributed by atoms with E-state index >= 15 is 0 Å². The number of esters is 1. The number of hydrogen-bond donors (Lipinski definition) is 3. The minimum atomic E-state index is -1.04. The molecule has 0 saturated carbocycles. The van der Waals surface area contributed by atoms with Crippen LogP contribution in [0, 0.1) is 11.2 Å². The Bertz CT molecular complexity index is 1040. The number of amidine groups is 1. The van der Waals surface area contributed by atoms with Gasteiger partial charge in [0.2, 0.25) is 0 Å². The van der Waals surface area contributed by atoms with E-state index in [4.69, 9.17) is 21.0 Å². The summed E-state index contributed by atoms with van der Waals surface area (Å²) in [7, 11) is 0. The molecule has 2 heterocycles. The summed E-state index contributed by atoms with van der Waals surface area (Å²) in [6.07, 6.45) is 1.63. The van der Waals surface area contributed by atoms with Crippen molar-refractivity contribution in [2.24, 2.45) is 5.73 Å². The maximum Gasteiger partial charge on any atom is 0.353 e. The third-order valence-corrected chi connectivity index (χ3v) is 4.73. The summed E-state index contributed by atoms with van der Waals surface area (Å²) in [6, 6.07) is 9.96. The Morgan fingerprint density at radius 1 is 1.26 bits per heavy atom. The molecule has 4 N–H and O–H groups in total. The first-order valence-corrected chi connectivity index (χ1v) is 8.50. The number of nitrogens with zero attached hydrogens (tertiary/aromatic N) is 1. The van der Waals surface area contributed by atoms with Crippen molar-refractivity contribution in [2.45, 2.75) is 6.54 Å². The average Bonchev–Trinajstić information content (AvgIpc) is 3.26. The van der Waals surface area contributed by atoms with Crippen molar-refractivity contribution in [1.29, 1.82) is 5.41 Å². The van der Waals surface area contributed by atoms with Gasteiger partial charge >= 0.3 is 11.9 Å². The lowest BCUT2D eigenvalue weighted by atomic mass is 10.2. The van der Waals surface area contributed by atoms with E-state index in [1.54, 1.807) is 22.9 Å². The number of nitrogens with two attached hydrogens (primary N) is 1. The van der Waals surface area contributed by atoms with Crippen LogP contribution in [-0.2, 0) is 6.54 Å². The van der Waals surface area contributed by atoms with Crippen molar-refractivity contribution < 1.29 is 23.8 Å². The third-order valence-electron chi connectivity index (χ3n) is 3.68. The number of thiophene rings is 1. The number of nitrogen functional groups attached to an aromatic ring is 1. The van der Waals surface area contributed by atoms with E-state index in [0.717, 1.165) is 22.3 Å². The van der Waals surface area contributed by atoms with Crippen LogP contribution < -0.4 is 10.5 Å². The summed E-state index contributed by atoms with van der Waals surface area (Å²) in [5.74, 6) is -3.13. The maximum atomic E-state index is 14.0. The van der Waals surface area contributed by atoms with Gasteiger partial charge in [0, 0.05) is 16.6 Å². The van der Waals surface area contributed by atoms with E-state index in [-0.39, 0.29) is 34.3 Å². The standard InChI is InChI=1S/C18H14FN3O4S/c19-12-8-10(16(20)21)3-5-14(12)26-18(25)15-6-4-11(27-15)9-22-7-1-2-13(22)17(23)24/h1-8H,9H2,(H3,20,21)(H,23,24). The van der Waals surface area contributed by atoms with Gasteiger partial charge in [-0.15, -0.1) is 11.3 Å². The molecule has 9 heteroatoms. The van der Waals surface area contributed by atoms with Gasteiger partial charge in [0.15, 0.2) is 11.6 Å². The summed E-state index contributed by atoms with van der Waals surface area (Å²) in [5.41, 5.74) is 5.61. The lowest BCUT2D eigenvalue weighted by Crippen LogP contribution is -2.12. The van der Waals surface area contributed by atoms with Gasteiger partial charge in [-0.2, -0.15) is 0 Å². The second-order valence-corrected chi connectivity index (χ2v) is 6.71. The fraction of sp³-hybridized carbons (Fsp3) is 0.0556. The zero-order valence-corrected chi connectivity index (χ0v) is 14.6. The molecule has 0 radical (unpaired) electrons. The van der Waals surface area contributed by atoms with Gasteiger partial charge in [0.1, 0.15) is 16.4 Å². The molecular formula is C18H14FN3O4S. The number of benzene rings is 1. The van der Waals surface area contributed by atoms with Crippen LogP contribution in [0.2, 0.25) is 0 Å². The molecule has 0 bridgehead atoms. The minimum Gasteiger partial charge on any atom is -0.477 e. The van der Waals surface area contributed by atoms with Crippen LogP contribution in [0.3, 0.4) is 0 Å². The molecule has 0 spiro atoms. The van der Waals surface area contributed by atoms with Gasteiger partial charge < -0.3 is 20.1 Å². The van der Waals surface area contributed by atoms with E-state index in [2.05, 4.69) is 0 Å². The van der Waals surface area contributed by atoms with Crippen molar-refractivity contribution in [3.63, 3.8) is 0 Å². The number of carboxylic acid groups (broad SMARTS) is 1. The molecule has 2 aromatic heterocycles. The van der Waals surface area contributed by atoms with E-state index in [9.17, 15) is 14.0 Å². The third kappa shape index (κ3) is 4.04. The first-order chi connectivity index (χ1) is 12.8. The highest BCUT2D eigenvalue weighted by Gasteiger charge is 2.16. The average molecular weight is 387 g/mol. The molecule has 0 aliphatic heterocycles. The van der Waals surface area contributed by atoms with Crippen LogP contribution in [-0.4, -0.2) is 27.4 Å². The number of aromatic carboxylic acids is 1. The van der Waals surface area contributed by atoms with Crippen LogP contribution in [0.1, 0.15) is 30.6 Å². The Kier molecular flexibility index (Phi) is 5.04. The summed E-state index contributed by atoms with van der Waals surface area (Å²) >= 11 is 1.13. The van der Waals surface area contributed by atoms with Crippen LogP contribution in [0.25, 0.3) is 0 Å². The van der Waals surface area contributed by atoms with Gasteiger partial charge in [-0.25, -0.2) is 14.0 Å². The molecule has 7 nitrogen and oxygen atoms in total. The zero-order chi connectivity index (χ0) is 19.6. The number of ether oxygens (including phenoxy) is 1. The number of aromatic nitrogens is 1. The summed E-state index contributed by atoms with van der Waals surface area (Å²) in [4.78, 5) is 24.4. The fourth-order valence-electron chi connectivity index (χ4n) is 2.39. The summed E-state index contributed by atoms with van der Waals surface area (Å²) < 4.78 is 20.6. The van der Waals surface area contributed by atoms with Crippen molar-refractivity contribution in [3.8, 4) is 5.75 Å². The number of hydrogen-bond acceptors (Lipinski definition) is 5. The van der Waals surface area contributed by atoms with Crippen LogP contribution >= 0.6 is 11.3 Å². The van der Waals surface area contributed by atoms with Crippen LogP contribution in [0.5, 0.6) is 5.75 Å². The second-order valence-electron chi connectivity index (χ2n) is 5.54. The Morgan fingerprint density at radius 3 is 2.70 bits per heavy atom. The van der Waals surface area contributed by atoms with Crippen molar-refractivity contribution in [2.75, 3.05) is 0 Å². The molecule has 0 aliphatic carbocycles. The number of carbonyl (C=O) groups excluding carboxylic acids is 1. The number of carboxylic acids is 1. The highest BCUT2D eigenvalue weighted by Crippen LogP contribution is 2.23. The number of carbonyl (C=O) groups is 2. The summed E-state index contributed by atoms with van der Waals surface area (Å²) in [5, 5.41) is 16.4. The van der Waals surface area contributed by atoms with E-state index < -0.39 is 17.8 Å². The molecule has 0 unspecified atom stereocenters. The Labute approximate surface area is 156 Å². The molecule has 0 saturated heterocycles. The summed E-state index contributed by atoms with van der Waals surface area (Å²) in [6.45, 7) is 0.286. The van der Waals surface area contributed by atoms with Gasteiger partial charge in [-0.05, 0) is 42.5 Å². The lowest BCUT2D eigenvalue weighted by Gasteiger charge is -2.06. The molecule has 0 fully saturated rings. The van der Waals surface area contributed by atoms with Crippen LogP contribution in [0.4, 0.5) is 4.39 Å². The normalized spacial score (nSPS) is 10.6. The number of rotatable bonds is 6. The van der Waals surface area contributed by atoms with E-state index in [0.29, 0.717) is 0 Å². The molecule has 0 aliphatic rings. The van der Waals surface area contributed by atoms with Crippen LogP contribution in [0.15, 0.2) is 48.7 Å². The minimum absolute atomic E-state index is 0.139. The Hall–Kier alpha value is -3.46. The molecule has 0 atom stereocenters. The largest absolute Gasteiger partial charge is 0.477 e. The molecule has 138 valence electrons. The first kappa shape index (κ1) is 18.3. The van der Waals surface area contributed by atoms with E-state index in [1.165, 1.54) is 24.3 Å². The quantitative estimate of drug-likeness (QED) is 0.260. The molecule has 27 heavy (non-hydrogen) atoms. The van der Waals surface area contributed by atoms with Gasteiger partial charge in [0.25, 0.3) is 0 Å². The predicted octanol–water partition coefficient (Wildman–Crippen LogP) is 2.94. The van der Waals surface area contributed by atoms with Crippen molar-refractivity contribution >= 4 is 29.1 Å². The van der Waals surface area contributed by atoms with E-state index in [1.807, 2.05) is 0 Å². The lowest BCUT2D eigenvalue weighted by molar-refractivity contribution is 0.0683. The van der Waals surface area contributed by atoms with Gasteiger partial charge in [-0.1, -0.05) is 0 Å². The van der Waals surface area contributed by atoms with Gasteiger partial charge in [-0.3, -0.25) is 5.41 Å². The van der Waals surface area contributed by atoms with Gasteiger partial charge in [0.05, 0.1) is 6.54 Å². The predicted molar refractivity (Wildman–Crippen MR) is 97.2 cm³/mol. The van der Waals surface area contributed by atoms with Crippen molar-refractivity contribution in [3.05, 3.63) is 75.5 Å². The SMILES string of the molecule is N=C(N)c1ccc(OC(=O)c2ccc(Cn3cccc3C(=O)O)s2)c(F)c1. The Balaban J connectivity index is 1.73. The smallest absolute Gasteiger partial charge is 0.353 e. The Morgan fingerprint density at radius 2 is 2.04 bits per heavy atom. The second kappa shape index (κ2) is 7.42. The fourth-order valence-corrected chi connectivity index (χ4v) is 3.27. The molecule has 3 aromatic rings. The molecule has 0 amide bonds. The highest BCUT2D eigenvalue weighted by molar-refractivity contribution is 7.13. The first-order valence-electron chi connectivity index (χ1n) is 7.68. The molecular weight excluding hydrogens is 373 g/mol. The zero-order valence-electron chi connectivity index (χ0n) is 13.8. The number of nitrogens with one attached hydrogen (secondary N) is 1. The molecule has 1 aromatic carbocycles. The molecule has 3 rings (SSSR count). The number of halogens is 1. The maximum absolute atomic E-state index is 14.0.